The molecule has 5 nitrogen and oxygen atoms in total. The molecule has 1 N–H and O–H groups in total. The molecule has 21 heavy (non-hydrogen) atoms. The molecule has 112 valence electrons. The number of hydrogen-bond donors (Lipinski definition) is 1. The molecule has 0 fully saturated rings. The van der Waals surface area contributed by atoms with E-state index in [1.165, 1.54) is 5.56 Å². The normalized spacial score (nSPS) is 10.8. The van der Waals surface area contributed by atoms with Gasteiger partial charge in [-0.05, 0) is 18.4 Å². The molecule has 0 atom stereocenters. The Morgan fingerprint density at radius 3 is 2.52 bits per heavy atom. The molecule has 0 amide bonds. The highest BCUT2D eigenvalue weighted by atomic mass is 16.5. The fraction of sp³-hybridized carbons (Fsp3) is 0.438. The van der Waals surface area contributed by atoms with E-state index in [9.17, 15) is 0 Å². The lowest BCUT2D eigenvalue weighted by atomic mass is 10.0. The van der Waals surface area contributed by atoms with Gasteiger partial charge in [-0.15, -0.1) is 0 Å². The van der Waals surface area contributed by atoms with Crippen LogP contribution in [-0.4, -0.2) is 29.1 Å². The molecule has 0 aliphatic heterocycles. The highest BCUT2D eigenvalue weighted by Gasteiger charge is 2.14. The summed E-state index contributed by atoms with van der Waals surface area (Å²) >= 11 is 0. The predicted octanol–water partition coefficient (Wildman–Crippen LogP) is 2.94. The first-order valence-electron chi connectivity index (χ1n) is 7.09. The second kappa shape index (κ2) is 6.52. The van der Waals surface area contributed by atoms with E-state index in [4.69, 9.17) is 4.74 Å². The lowest BCUT2D eigenvalue weighted by Gasteiger charge is -2.15. The number of nitrogens with one attached hydrogen (secondary N) is 1. The Balaban J connectivity index is 2.29. The maximum absolute atomic E-state index is 5.06. The van der Waals surface area contributed by atoms with Crippen LogP contribution in [-0.2, 0) is 6.42 Å². The van der Waals surface area contributed by atoms with Crippen molar-refractivity contribution in [3.8, 4) is 5.88 Å². The maximum Gasteiger partial charge on any atom is 0.212 e. The molecule has 2 aromatic rings. The third-order valence-corrected chi connectivity index (χ3v) is 3.37. The summed E-state index contributed by atoms with van der Waals surface area (Å²) in [5.41, 5.74) is 3.27. The number of aromatic nitrogens is 3. The summed E-state index contributed by atoms with van der Waals surface area (Å²) in [6.45, 7) is 6.34. The van der Waals surface area contributed by atoms with Crippen LogP contribution in [0.3, 0.4) is 0 Å². The highest BCUT2D eigenvalue weighted by molar-refractivity contribution is 5.48. The zero-order chi connectivity index (χ0) is 15.4. The van der Waals surface area contributed by atoms with Gasteiger partial charge in [-0.1, -0.05) is 19.9 Å². The largest absolute Gasteiger partial charge is 0.481 e. The quantitative estimate of drug-likeness (QED) is 0.915. The second-order valence-corrected chi connectivity index (χ2v) is 5.28. The van der Waals surface area contributed by atoms with Gasteiger partial charge in [0, 0.05) is 37.0 Å². The monoisotopic (exact) mass is 286 g/mol. The van der Waals surface area contributed by atoms with Crippen LogP contribution in [0, 0.1) is 6.92 Å². The molecule has 0 bridgehead atoms. The SMILES string of the molecule is CNc1nc(Cc2ccc(OC)nc2)nc(C)c1C(C)C. The number of ether oxygens (including phenoxy) is 1. The molecule has 0 spiro atoms. The van der Waals surface area contributed by atoms with Gasteiger partial charge < -0.3 is 10.1 Å². The van der Waals surface area contributed by atoms with Crippen molar-refractivity contribution in [3.63, 3.8) is 0 Å². The Kier molecular flexibility index (Phi) is 4.73. The standard InChI is InChI=1S/C16H22N4O/c1-10(2)15-11(3)19-13(20-16(15)17-4)8-12-6-7-14(21-5)18-9-12/h6-7,9-10H,8H2,1-5H3,(H,17,19,20). The lowest BCUT2D eigenvalue weighted by Crippen LogP contribution is -2.09. The van der Waals surface area contributed by atoms with Crippen molar-refractivity contribution in [3.05, 3.63) is 41.0 Å². The number of rotatable bonds is 5. The topological polar surface area (TPSA) is 59.9 Å². The first-order valence-corrected chi connectivity index (χ1v) is 7.09. The van der Waals surface area contributed by atoms with Crippen molar-refractivity contribution in [2.24, 2.45) is 0 Å². The zero-order valence-corrected chi connectivity index (χ0v) is 13.3. The van der Waals surface area contributed by atoms with Gasteiger partial charge in [-0.3, -0.25) is 0 Å². The number of anilines is 1. The number of methoxy groups -OCH3 is 1. The smallest absolute Gasteiger partial charge is 0.212 e. The predicted molar refractivity (Wildman–Crippen MR) is 84.0 cm³/mol. The molecule has 0 unspecified atom stereocenters. The molecule has 0 saturated carbocycles. The molecule has 5 heteroatoms. The third-order valence-electron chi connectivity index (χ3n) is 3.37. The molecule has 2 aromatic heterocycles. The molecule has 0 aromatic carbocycles. The van der Waals surface area contributed by atoms with Crippen LogP contribution >= 0.6 is 0 Å². The number of aryl methyl sites for hydroxylation is 1. The van der Waals surface area contributed by atoms with Crippen molar-refractivity contribution in [1.82, 2.24) is 15.0 Å². The van der Waals surface area contributed by atoms with Gasteiger partial charge in [0.15, 0.2) is 0 Å². The first-order chi connectivity index (χ1) is 10.0. The van der Waals surface area contributed by atoms with Crippen molar-refractivity contribution in [2.75, 3.05) is 19.5 Å². The Bertz CT molecular complexity index is 608. The van der Waals surface area contributed by atoms with Gasteiger partial charge in [0.1, 0.15) is 11.6 Å². The summed E-state index contributed by atoms with van der Waals surface area (Å²) in [6.07, 6.45) is 2.46. The summed E-state index contributed by atoms with van der Waals surface area (Å²) < 4.78 is 5.06. The molecule has 2 heterocycles. The van der Waals surface area contributed by atoms with Crippen LogP contribution in [0.1, 0.15) is 42.4 Å². The molecule has 2 rings (SSSR count). The number of pyridine rings is 1. The minimum absolute atomic E-state index is 0.393. The van der Waals surface area contributed by atoms with E-state index in [0.717, 1.165) is 22.9 Å². The van der Waals surface area contributed by atoms with Crippen LogP contribution in [0.15, 0.2) is 18.3 Å². The van der Waals surface area contributed by atoms with Crippen LogP contribution in [0.2, 0.25) is 0 Å². The average molecular weight is 286 g/mol. The van der Waals surface area contributed by atoms with Crippen molar-refractivity contribution < 1.29 is 4.74 Å². The van der Waals surface area contributed by atoms with Gasteiger partial charge in [-0.25, -0.2) is 15.0 Å². The fourth-order valence-electron chi connectivity index (χ4n) is 2.42. The van der Waals surface area contributed by atoms with Gasteiger partial charge >= 0.3 is 0 Å². The Morgan fingerprint density at radius 1 is 1.24 bits per heavy atom. The van der Waals surface area contributed by atoms with Crippen LogP contribution < -0.4 is 10.1 Å². The zero-order valence-electron chi connectivity index (χ0n) is 13.3. The van der Waals surface area contributed by atoms with Crippen molar-refractivity contribution in [2.45, 2.75) is 33.1 Å². The summed E-state index contributed by atoms with van der Waals surface area (Å²) in [7, 11) is 3.50. The van der Waals surface area contributed by atoms with Crippen LogP contribution in [0.4, 0.5) is 5.82 Å². The Labute approximate surface area is 125 Å². The minimum atomic E-state index is 0.393. The maximum atomic E-state index is 5.06. The summed E-state index contributed by atoms with van der Waals surface area (Å²) in [5.74, 6) is 2.72. The van der Waals surface area contributed by atoms with Gasteiger partial charge in [0.25, 0.3) is 0 Å². The van der Waals surface area contributed by atoms with E-state index in [1.807, 2.05) is 26.1 Å². The minimum Gasteiger partial charge on any atom is -0.481 e. The van der Waals surface area contributed by atoms with Crippen molar-refractivity contribution in [1.29, 1.82) is 0 Å². The number of hydrogen-bond acceptors (Lipinski definition) is 5. The van der Waals surface area contributed by atoms with E-state index in [2.05, 4.69) is 34.1 Å². The molecular weight excluding hydrogens is 264 g/mol. The Hall–Kier alpha value is -2.17. The van der Waals surface area contributed by atoms with Crippen LogP contribution in [0.5, 0.6) is 5.88 Å². The first kappa shape index (κ1) is 15.2. The lowest BCUT2D eigenvalue weighted by molar-refractivity contribution is 0.397. The molecule has 0 radical (unpaired) electrons. The third kappa shape index (κ3) is 3.48. The molecule has 0 aliphatic rings. The van der Waals surface area contributed by atoms with Gasteiger partial charge in [0.2, 0.25) is 5.88 Å². The second-order valence-electron chi connectivity index (χ2n) is 5.28. The molecule has 0 saturated heterocycles. The summed E-state index contributed by atoms with van der Waals surface area (Å²) in [4.78, 5) is 13.5. The molecular formula is C16H22N4O. The van der Waals surface area contributed by atoms with Crippen LogP contribution in [0.25, 0.3) is 0 Å². The van der Waals surface area contributed by atoms with E-state index < -0.39 is 0 Å². The highest BCUT2D eigenvalue weighted by Crippen LogP contribution is 2.25. The van der Waals surface area contributed by atoms with E-state index >= 15 is 0 Å². The number of nitrogens with zero attached hydrogens (tertiary/aromatic N) is 3. The van der Waals surface area contributed by atoms with Gasteiger partial charge in [0.05, 0.1) is 7.11 Å². The Morgan fingerprint density at radius 2 is 2.00 bits per heavy atom. The summed E-state index contributed by atoms with van der Waals surface area (Å²) in [5, 5.41) is 3.18. The van der Waals surface area contributed by atoms with E-state index in [1.54, 1.807) is 13.3 Å². The summed E-state index contributed by atoms with van der Waals surface area (Å²) in [6, 6.07) is 3.84. The molecule has 0 aliphatic carbocycles. The van der Waals surface area contributed by atoms with Gasteiger partial charge in [-0.2, -0.15) is 0 Å². The average Bonchev–Trinajstić information content (AvgIpc) is 2.46. The van der Waals surface area contributed by atoms with E-state index in [0.29, 0.717) is 18.2 Å². The fourth-order valence-corrected chi connectivity index (χ4v) is 2.42. The van der Waals surface area contributed by atoms with Crippen molar-refractivity contribution >= 4 is 5.82 Å². The van der Waals surface area contributed by atoms with E-state index in [-0.39, 0.29) is 0 Å².